The lowest BCUT2D eigenvalue weighted by molar-refractivity contribution is -0.139. The summed E-state index contributed by atoms with van der Waals surface area (Å²) in [7, 11) is 1.24. The van der Waals surface area contributed by atoms with Crippen LogP contribution in [0.25, 0.3) is 10.8 Å². The highest BCUT2D eigenvalue weighted by Crippen LogP contribution is 2.35. The third-order valence-electron chi connectivity index (χ3n) is 2.98. The van der Waals surface area contributed by atoms with Crippen LogP contribution in [-0.4, -0.2) is 26.3 Å². The predicted molar refractivity (Wildman–Crippen MR) is 72.9 cm³/mol. The average Bonchev–Trinajstić information content (AvgIpc) is 2.46. The molecule has 0 aliphatic heterocycles. The number of carbonyl (C=O) groups is 1. The van der Waals surface area contributed by atoms with Crippen LogP contribution in [0.4, 0.5) is 17.6 Å². The first-order chi connectivity index (χ1) is 10.9. The number of esters is 1. The lowest BCUT2D eigenvalue weighted by atomic mass is 10.0. The van der Waals surface area contributed by atoms with E-state index in [2.05, 4.69) is 14.2 Å². The molecule has 0 unspecified atom stereocenters. The molecule has 0 fully saturated rings. The minimum atomic E-state index is -3.19. The standard InChI is InChI=1S/C15H12F4O4/c1-21-13(20)5-8-2-3-9-6-11(22-14(16)17)12(23-15(18)19)7-10(9)4-8/h2-4,6-7,14-15H,5H2,1H3. The summed E-state index contributed by atoms with van der Waals surface area (Å²) in [4.78, 5) is 11.3. The molecular formula is C15H12F4O4. The molecule has 0 amide bonds. The Morgan fingerprint density at radius 3 is 2.04 bits per heavy atom. The second kappa shape index (κ2) is 7.17. The molecule has 0 atom stereocenters. The van der Waals surface area contributed by atoms with E-state index in [-0.39, 0.29) is 6.42 Å². The van der Waals surface area contributed by atoms with Crippen LogP contribution in [-0.2, 0) is 16.0 Å². The lowest BCUT2D eigenvalue weighted by Crippen LogP contribution is -2.08. The van der Waals surface area contributed by atoms with Crippen LogP contribution in [0.1, 0.15) is 5.56 Å². The van der Waals surface area contributed by atoms with Gasteiger partial charge in [0.25, 0.3) is 0 Å². The summed E-state index contributed by atoms with van der Waals surface area (Å²) in [5, 5.41) is 0.902. The Hall–Kier alpha value is -2.51. The normalized spacial score (nSPS) is 11.1. The van der Waals surface area contributed by atoms with Gasteiger partial charge in [0.05, 0.1) is 13.5 Å². The summed E-state index contributed by atoms with van der Waals surface area (Å²) in [5.74, 6) is -1.47. The van der Waals surface area contributed by atoms with Gasteiger partial charge in [-0.3, -0.25) is 4.79 Å². The number of rotatable bonds is 6. The minimum absolute atomic E-state index is 0.00718. The number of fused-ring (bicyclic) bond motifs is 1. The smallest absolute Gasteiger partial charge is 0.387 e. The zero-order valence-electron chi connectivity index (χ0n) is 11.9. The molecule has 124 valence electrons. The van der Waals surface area contributed by atoms with Crippen molar-refractivity contribution in [2.45, 2.75) is 19.6 Å². The van der Waals surface area contributed by atoms with Crippen molar-refractivity contribution in [2.24, 2.45) is 0 Å². The van der Waals surface area contributed by atoms with Gasteiger partial charge < -0.3 is 14.2 Å². The van der Waals surface area contributed by atoms with Gasteiger partial charge in [0.15, 0.2) is 11.5 Å². The molecule has 0 heterocycles. The van der Waals surface area contributed by atoms with E-state index in [0.717, 1.165) is 6.07 Å². The van der Waals surface area contributed by atoms with Crippen molar-refractivity contribution in [1.82, 2.24) is 0 Å². The summed E-state index contributed by atoms with van der Waals surface area (Å²) in [6.07, 6.45) is -0.00718. The number of benzene rings is 2. The van der Waals surface area contributed by atoms with E-state index >= 15 is 0 Å². The molecule has 2 aromatic rings. The van der Waals surface area contributed by atoms with Crippen LogP contribution in [0.5, 0.6) is 11.5 Å². The monoisotopic (exact) mass is 332 g/mol. The summed E-state index contributed by atoms with van der Waals surface area (Å²) >= 11 is 0. The fourth-order valence-electron chi connectivity index (χ4n) is 2.03. The van der Waals surface area contributed by atoms with Gasteiger partial charge in [-0.2, -0.15) is 17.6 Å². The number of carbonyl (C=O) groups excluding carboxylic acids is 1. The Morgan fingerprint density at radius 1 is 0.957 bits per heavy atom. The second-order valence-electron chi connectivity index (χ2n) is 4.49. The summed E-state index contributed by atoms with van der Waals surface area (Å²) in [6.45, 7) is -6.36. The van der Waals surface area contributed by atoms with Crippen molar-refractivity contribution in [1.29, 1.82) is 0 Å². The van der Waals surface area contributed by atoms with Crippen molar-refractivity contribution in [3.63, 3.8) is 0 Å². The molecule has 23 heavy (non-hydrogen) atoms. The Bertz CT molecular complexity index is 703. The summed E-state index contributed by atoms with van der Waals surface area (Å²) < 4.78 is 62.5. The van der Waals surface area contributed by atoms with Crippen LogP contribution in [0.15, 0.2) is 30.3 Å². The van der Waals surface area contributed by atoms with Crippen LogP contribution in [0.3, 0.4) is 0 Å². The van der Waals surface area contributed by atoms with Gasteiger partial charge in [-0.05, 0) is 28.5 Å². The van der Waals surface area contributed by atoms with Gasteiger partial charge >= 0.3 is 19.2 Å². The zero-order chi connectivity index (χ0) is 17.0. The molecule has 0 aliphatic rings. The maximum absolute atomic E-state index is 12.4. The third-order valence-corrected chi connectivity index (χ3v) is 2.98. The third kappa shape index (κ3) is 4.48. The highest BCUT2D eigenvalue weighted by molar-refractivity contribution is 5.87. The van der Waals surface area contributed by atoms with Crippen LogP contribution >= 0.6 is 0 Å². The zero-order valence-corrected chi connectivity index (χ0v) is 11.9. The molecule has 4 nitrogen and oxygen atoms in total. The highest BCUT2D eigenvalue weighted by Gasteiger charge is 2.16. The van der Waals surface area contributed by atoms with Crippen molar-refractivity contribution >= 4 is 16.7 Å². The average molecular weight is 332 g/mol. The molecule has 0 N–H and O–H groups in total. The maximum atomic E-state index is 12.4. The van der Waals surface area contributed by atoms with Crippen molar-refractivity contribution in [2.75, 3.05) is 7.11 Å². The summed E-state index contributed by atoms with van der Waals surface area (Å²) in [6, 6.07) is 7.02. The topological polar surface area (TPSA) is 44.8 Å². The molecule has 0 aromatic heterocycles. The second-order valence-corrected chi connectivity index (χ2v) is 4.49. The van der Waals surface area contributed by atoms with E-state index in [9.17, 15) is 22.4 Å². The fourth-order valence-corrected chi connectivity index (χ4v) is 2.03. The van der Waals surface area contributed by atoms with Crippen LogP contribution in [0, 0.1) is 0 Å². The first-order valence-electron chi connectivity index (χ1n) is 6.42. The van der Waals surface area contributed by atoms with E-state index in [4.69, 9.17) is 0 Å². The molecular weight excluding hydrogens is 320 g/mol. The Kier molecular flexibility index (Phi) is 5.25. The van der Waals surface area contributed by atoms with E-state index in [1.807, 2.05) is 0 Å². The first-order valence-corrected chi connectivity index (χ1v) is 6.42. The molecule has 2 aromatic carbocycles. The largest absolute Gasteiger partial charge is 0.469 e. The Balaban J connectivity index is 2.44. The fraction of sp³-hybridized carbons (Fsp3) is 0.267. The maximum Gasteiger partial charge on any atom is 0.387 e. The van der Waals surface area contributed by atoms with Crippen LogP contribution < -0.4 is 9.47 Å². The van der Waals surface area contributed by atoms with Crippen molar-refractivity contribution < 1.29 is 36.6 Å². The highest BCUT2D eigenvalue weighted by atomic mass is 19.3. The predicted octanol–water partition coefficient (Wildman–Crippen LogP) is 3.76. The molecule has 2 rings (SSSR count). The first kappa shape index (κ1) is 16.9. The van der Waals surface area contributed by atoms with E-state index in [1.54, 1.807) is 18.2 Å². The van der Waals surface area contributed by atoms with Gasteiger partial charge in [-0.25, -0.2) is 0 Å². The molecule has 0 spiro atoms. The van der Waals surface area contributed by atoms with Gasteiger partial charge in [-0.1, -0.05) is 18.2 Å². The van der Waals surface area contributed by atoms with E-state index in [0.29, 0.717) is 16.3 Å². The molecule has 0 saturated heterocycles. The molecule has 0 bridgehead atoms. The van der Waals surface area contributed by atoms with Gasteiger partial charge in [-0.15, -0.1) is 0 Å². The molecule has 0 saturated carbocycles. The number of ether oxygens (including phenoxy) is 3. The molecule has 0 aliphatic carbocycles. The summed E-state index contributed by atoms with van der Waals surface area (Å²) in [5.41, 5.74) is 0.579. The van der Waals surface area contributed by atoms with Crippen molar-refractivity contribution in [3.05, 3.63) is 35.9 Å². The SMILES string of the molecule is COC(=O)Cc1ccc2cc(OC(F)F)c(OC(F)F)cc2c1. The van der Waals surface area contributed by atoms with E-state index < -0.39 is 30.7 Å². The van der Waals surface area contributed by atoms with Crippen LogP contribution in [0.2, 0.25) is 0 Å². The van der Waals surface area contributed by atoms with Crippen molar-refractivity contribution in [3.8, 4) is 11.5 Å². The number of hydrogen-bond donors (Lipinski definition) is 0. The Labute approximate surface area is 128 Å². The molecule has 0 radical (unpaired) electrons. The number of hydrogen-bond acceptors (Lipinski definition) is 4. The quantitative estimate of drug-likeness (QED) is 0.597. The number of halogens is 4. The lowest BCUT2D eigenvalue weighted by Gasteiger charge is -2.13. The van der Waals surface area contributed by atoms with Gasteiger partial charge in [0.1, 0.15) is 0 Å². The Morgan fingerprint density at radius 2 is 1.52 bits per heavy atom. The van der Waals surface area contributed by atoms with Gasteiger partial charge in [0.2, 0.25) is 0 Å². The molecule has 8 heteroatoms. The minimum Gasteiger partial charge on any atom is -0.469 e. The number of alkyl halides is 4. The number of methoxy groups -OCH3 is 1. The van der Waals surface area contributed by atoms with Gasteiger partial charge in [0, 0.05) is 0 Å². The van der Waals surface area contributed by atoms with E-state index in [1.165, 1.54) is 13.2 Å².